The first-order chi connectivity index (χ1) is 8.20. The number of esters is 1. The van der Waals surface area contributed by atoms with Crippen LogP contribution in [0, 0.1) is 5.92 Å². The molecule has 3 nitrogen and oxygen atoms in total. The van der Waals surface area contributed by atoms with Crippen LogP contribution in [0.3, 0.4) is 0 Å². The van der Waals surface area contributed by atoms with Crippen LogP contribution >= 0.6 is 0 Å². The van der Waals surface area contributed by atoms with Crippen molar-refractivity contribution < 1.29 is 14.6 Å². The number of allylic oxidation sites excluding steroid dienone is 2. The molecule has 1 rings (SSSR count). The predicted molar refractivity (Wildman–Crippen MR) is 66.3 cm³/mol. The Morgan fingerprint density at radius 1 is 1.41 bits per heavy atom. The van der Waals surface area contributed by atoms with E-state index >= 15 is 0 Å². The average Bonchev–Trinajstić information content (AvgIpc) is 2.39. The third-order valence-corrected chi connectivity index (χ3v) is 2.65. The standard InChI is InChI=1S/C14H18O3/c1-3-4-10-12(14(16)17-2)13(15)11-8-6-5-7-9-11/h3-9,12-13,15H,10H2,1-2H3/b4-3+/t12-,13+/m0/s1. The van der Waals surface area contributed by atoms with Crippen LogP contribution < -0.4 is 0 Å². The van der Waals surface area contributed by atoms with Crippen molar-refractivity contribution in [1.82, 2.24) is 0 Å². The fourth-order valence-corrected chi connectivity index (χ4v) is 1.67. The van der Waals surface area contributed by atoms with Crippen LogP contribution in [0.2, 0.25) is 0 Å². The van der Waals surface area contributed by atoms with Gasteiger partial charge in [0.1, 0.15) is 0 Å². The molecule has 1 aromatic carbocycles. The number of carbonyl (C=O) groups is 1. The Hall–Kier alpha value is -1.61. The number of hydrogen-bond donors (Lipinski definition) is 1. The first-order valence-corrected chi connectivity index (χ1v) is 5.62. The molecular formula is C14H18O3. The maximum absolute atomic E-state index is 11.6. The number of aliphatic hydroxyl groups excluding tert-OH is 1. The molecule has 0 aliphatic heterocycles. The lowest BCUT2D eigenvalue weighted by molar-refractivity contribution is -0.149. The molecule has 0 saturated carbocycles. The van der Waals surface area contributed by atoms with Crippen molar-refractivity contribution in [2.24, 2.45) is 5.92 Å². The smallest absolute Gasteiger partial charge is 0.311 e. The molecule has 1 aromatic rings. The number of aliphatic hydroxyl groups is 1. The maximum atomic E-state index is 11.6. The first-order valence-electron chi connectivity index (χ1n) is 5.62. The van der Waals surface area contributed by atoms with Crippen molar-refractivity contribution in [3.63, 3.8) is 0 Å². The Morgan fingerprint density at radius 3 is 2.59 bits per heavy atom. The Labute approximate surface area is 102 Å². The summed E-state index contributed by atoms with van der Waals surface area (Å²) in [5.41, 5.74) is 0.729. The lowest BCUT2D eigenvalue weighted by Gasteiger charge is -2.19. The second-order valence-electron chi connectivity index (χ2n) is 3.79. The van der Waals surface area contributed by atoms with E-state index in [0.717, 1.165) is 5.56 Å². The molecule has 0 radical (unpaired) electrons. The highest BCUT2D eigenvalue weighted by molar-refractivity contribution is 5.73. The van der Waals surface area contributed by atoms with E-state index in [0.29, 0.717) is 6.42 Å². The minimum absolute atomic E-state index is 0.389. The van der Waals surface area contributed by atoms with Gasteiger partial charge in [-0.25, -0.2) is 0 Å². The minimum Gasteiger partial charge on any atom is -0.469 e. The van der Waals surface area contributed by atoms with E-state index in [2.05, 4.69) is 0 Å². The molecule has 0 saturated heterocycles. The number of benzene rings is 1. The predicted octanol–water partition coefficient (Wildman–Crippen LogP) is 2.48. The lowest BCUT2D eigenvalue weighted by atomic mass is 9.93. The molecule has 0 heterocycles. The fraction of sp³-hybridized carbons (Fsp3) is 0.357. The summed E-state index contributed by atoms with van der Waals surface area (Å²) in [4.78, 5) is 11.6. The summed E-state index contributed by atoms with van der Waals surface area (Å²) in [7, 11) is 1.34. The van der Waals surface area contributed by atoms with Gasteiger partial charge in [0.25, 0.3) is 0 Å². The summed E-state index contributed by atoms with van der Waals surface area (Å²) in [6, 6.07) is 9.15. The highest BCUT2D eigenvalue weighted by Gasteiger charge is 2.27. The summed E-state index contributed by atoms with van der Waals surface area (Å²) in [6.07, 6.45) is 3.35. The first kappa shape index (κ1) is 13.5. The quantitative estimate of drug-likeness (QED) is 0.629. The minimum atomic E-state index is -0.833. The molecule has 0 aromatic heterocycles. The van der Waals surface area contributed by atoms with Crippen LogP contribution in [0.25, 0.3) is 0 Å². The van der Waals surface area contributed by atoms with Crippen molar-refractivity contribution in [3.05, 3.63) is 48.0 Å². The van der Waals surface area contributed by atoms with Gasteiger partial charge in [-0.1, -0.05) is 42.5 Å². The summed E-state index contributed by atoms with van der Waals surface area (Å²) >= 11 is 0. The molecule has 0 aliphatic carbocycles. The molecule has 92 valence electrons. The highest BCUT2D eigenvalue weighted by atomic mass is 16.5. The van der Waals surface area contributed by atoms with Crippen molar-refractivity contribution in [1.29, 1.82) is 0 Å². The van der Waals surface area contributed by atoms with E-state index in [1.54, 1.807) is 12.1 Å². The average molecular weight is 234 g/mol. The van der Waals surface area contributed by atoms with E-state index in [9.17, 15) is 9.90 Å². The molecule has 0 amide bonds. The van der Waals surface area contributed by atoms with Crippen LogP contribution in [0.5, 0.6) is 0 Å². The maximum Gasteiger partial charge on any atom is 0.311 e. The number of rotatable bonds is 5. The van der Waals surface area contributed by atoms with Crippen molar-refractivity contribution in [2.45, 2.75) is 19.4 Å². The van der Waals surface area contributed by atoms with Gasteiger partial charge in [0.05, 0.1) is 19.1 Å². The van der Waals surface area contributed by atoms with Gasteiger partial charge >= 0.3 is 5.97 Å². The molecule has 1 N–H and O–H groups in total. The van der Waals surface area contributed by atoms with E-state index in [-0.39, 0.29) is 5.97 Å². The normalized spacial score (nSPS) is 14.5. The van der Waals surface area contributed by atoms with Gasteiger partial charge in [-0.05, 0) is 18.9 Å². The van der Waals surface area contributed by atoms with Gasteiger partial charge in [-0.15, -0.1) is 0 Å². The van der Waals surface area contributed by atoms with E-state index in [1.165, 1.54) is 7.11 Å². The van der Waals surface area contributed by atoms with Crippen LogP contribution in [-0.2, 0) is 9.53 Å². The summed E-state index contributed by atoms with van der Waals surface area (Å²) in [5.74, 6) is -0.946. The molecule has 3 heteroatoms. The Bertz CT molecular complexity index is 370. The summed E-state index contributed by atoms with van der Waals surface area (Å²) in [6.45, 7) is 1.88. The second-order valence-corrected chi connectivity index (χ2v) is 3.79. The topological polar surface area (TPSA) is 46.5 Å². The van der Waals surface area contributed by atoms with Crippen LogP contribution in [-0.4, -0.2) is 18.2 Å². The van der Waals surface area contributed by atoms with E-state index in [4.69, 9.17) is 4.74 Å². The van der Waals surface area contributed by atoms with Gasteiger partial charge in [-0.3, -0.25) is 4.79 Å². The fourth-order valence-electron chi connectivity index (χ4n) is 1.67. The second kappa shape index (κ2) is 6.86. The Morgan fingerprint density at radius 2 is 2.06 bits per heavy atom. The Balaban J connectivity index is 2.86. The zero-order valence-corrected chi connectivity index (χ0v) is 10.2. The van der Waals surface area contributed by atoms with E-state index in [1.807, 2.05) is 37.3 Å². The number of methoxy groups -OCH3 is 1. The molecule has 2 atom stereocenters. The van der Waals surface area contributed by atoms with Gasteiger partial charge in [0, 0.05) is 0 Å². The van der Waals surface area contributed by atoms with Crippen LogP contribution in [0.1, 0.15) is 25.0 Å². The largest absolute Gasteiger partial charge is 0.469 e. The zero-order valence-electron chi connectivity index (χ0n) is 10.2. The third-order valence-electron chi connectivity index (χ3n) is 2.65. The SMILES string of the molecule is C/C=C/C[C@H](C(=O)OC)[C@H](O)c1ccccc1. The monoisotopic (exact) mass is 234 g/mol. The number of carbonyl (C=O) groups excluding carboxylic acids is 1. The van der Waals surface area contributed by atoms with Gasteiger partial charge in [-0.2, -0.15) is 0 Å². The number of ether oxygens (including phenoxy) is 1. The molecule has 0 aliphatic rings. The van der Waals surface area contributed by atoms with Gasteiger partial charge < -0.3 is 9.84 Å². The number of hydrogen-bond acceptors (Lipinski definition) is 3. The van der Waals surface area contributed by atoms with Crippen molar-refractivity contribution in [3.8, 4) is 0 Å². The highest BCUT2D eigenvalue weighted by Crippen LogP contribution is 2.26. The summed E-state index contributed by atoms with van der Waals surface area (Å²) in [5, 5.41) is 10.2. The zero-order chi connectivity index (χ0) is 12.7. The lowest BCUT2D eigenvalue weighted by Crippen LogP contribution is -2.23. The Kier molecular flexibility index (Phi) is 5.43. The molecule has 17 heavy (non-hydrogen) atoms. The molecular weight excluding hydrogens is 216 g/mol. The van der Waals surface area contributed by atoms with Gasteiger partial charge in [0.15, 0.2) is 0 Å². The van der Waals surface area contributed by atoms with Crippen molar-refractivity contribution in [2.75, 3.05) is 7.11 Å². The molecule has 0 unspecified atom stereocenters. The third kappa shape index (κ3) is 3.71. The van der Waals surface area contributed by atoms with E-state index < -0.39 is 12.0 Å². The molecule has 0 bridgehead atoms. The molecule has 0 fully saturated rings. The van der Waals surface area contributed by atoms with Crippen LogP contribution in [0.4, 0.5) is 0 Å². The van der Waals surface area contributed by atoms with Crippen molar-refractivity contribution >= 4 is 5.97 Å². The summed E-state index contributed by atoms with van der Waals surface area (Å²) < 4.78 is 4.72. The van der Waals surface area contributed by atoms with Gasteiger partial charge in [0.2, 0.25) is 0 Å². The van der Waals surface area contributed by atoms with Crippen LogP contribution in [0.15, 0.2) is 42.5 Å². The molecule has 0 spiro atoms.